The van der Waals surface area contributed by atoms with Gasteiger partial charge in [0.2, 0.25) is 0 Å². The van der Waals surface area contributed by atoms with Crippen LogP contribution in [0.25, 0.3) is 22.1 Å². The van der Waals surface area contributed by atoms with Crippen LogP contribution in [0.3, 0.4) is 0 Å². The first-order valence-corrected chi connectivity index (χ1v) is 14.2. The van der Waals surface area contributed by atoms with Gasteiger partial charge < -0.3 is 10.1 Å². The van der Waals surface area contributed by atoms with E-state index in [2.05, 4.69) is 32.3 Å². The lowest BCUT2D eigenvalue weighted by molar-refractivity contribution is 0.0939. The molecule has 1 amide bonds. The van der Waals surface area contributed by atoms with E-state index in [9.17, 15) is 9.59 Å². The topological polar surface area (TPSA) is 108 Å². The summed E-state index contributed by atoms with van der Waals surface area (Å²) in [7, 11) is 3.54. The largest absolute Gasteiger partial charge is 0.384 e. The number of ether oxygens (including phenoxy) is 1. The van der Waals surface area contributed by atoms with Crippen molar-refractivity contribution in [3.63, 3.8) is 0 Å². The molecule has 4 aromatic heterocycles. The van der Waals surface area contributed by atoms with Crippen LogP contribution in [-0.4, -0.2) is 48.6 Å². The average molecular weight is 586 g/mol. The molecule has 44 heavy (non-hydrogen) atoms. The summed E-state index contributed by atoms with van der Waals surface area (Å²) in [4.78, 5) is 32.3. The van der Waals surface area contributed by atoms with E-state index in [0.717, 1.165) is 16.6 Å². The number of fused-ring (bicyclic) bond motifs is 2. The highest BCUT2D eigenvalue weighted by Crippen LogP contribution is 2.24. The van der Waals surface area contributed by atoms with Crippen molar-refractivity contribution < 1.29 is 9.53 Å². The predicted octanol–water partition coefficient (Wildman–Crippen LogP) is 4.16. The van der Waals surface area contributed by atoms with Gasteiger partial charge in [-0.3, -0.25) is 18.8 Å². The van der Waals surface area contributed by atoms with Gasteiger partial charge in [0.05, 0.1) is 41.2 Å². The molecule has 0 saturated carbocycles. The van der Waals surface area contributed by atoms with E-state index in [4.69, 9.17) is 4.74 Å². The first kappa shape index (κ1) is 28.6. The highest BCUT2D eigenvalue weighted by molar-refractivity contribution is 6.01. The van der Waals surface area contributed by atoms with E-state index in [-0.39, 0.29) is 11.5 Å². The quantitative estimate of drug-likeness (QED) is 0.282. The molecule has 10 nitrogen and oxygen atoms in total. The number of hydrogen-bond acceptors (Lipinski definition) is 6. The second kappa shape index (κ2) is 12.0. The number of rotatable bonds is 7. The molecule has 220 valence electrons. The Morgan fingerprint density at radius 3 is 2.66 bits per heavy atom. The molecule has 1 unspecified atom stereocenters. The van der Waals surface area contributed by atoms with Crippen molar-refractivity contribution in [2.24, 2.45) is 7.05 Å². The highest BCUT2D eigenvalue weighted by atomic mass is 16.5. The van der Waals surface area contributed by atoms with Gasteiger partial charge in [0.1, 0.15) is 5.56 Å². The van der Waals surface area contributed by atoms with Crippen LogP contribution in [0.5, 0.6) is 0 Å². The van der Waals surface area contributed by atoms with Crippen molar-refractivity contribution in [2.75, 3.05) is 13.7 Å². The third kappa shape index (κ3) is 5.25. The lowest BCUT2D eigenvalue weighted by Gasteiger charge is -2.21. The zero-order chi connectivity index (χ0) is 30.8. The summed E-state index contributed by atoms with van der Waals surface area (Å²) in [6.07, 6.45) is 5.78. The van der Waals surface area contributed by atoms with Gasteiger partial charge in [0.15, 0.2) is 5.65 Å². The molecule has 0 aliphatic heterocycles. The van der Waals surface area contributed by atoms with Crippen LogP contribution in [-0.2, 0) is 18.2 Å². The molecule has 1 N–H and O–H groups in total. The number of aryl methyl sites for hydroxylation is 2. The third-order valence-corrected chi connectivity index (χ3v) is 7.61. The molecule has 0 saturated heterocycles. The van der Waals surface area contributed by atoms with Crippen molar-refractivity contribution in [3.05, 3.63) is 123 Å². The standard InChI is InChI=1S/C34H31N7O3/c1-22(37-33(42)30-23(2)38-40-18-9-17-35-32(30)40)29-20-25-11-8-10-24(14-15-26-21-36-39(3)28(26)16-19-44-4)31(25)34(43)41(29)27-12-6-5-7-13-27/h5-13,17-18,20-22H,16,19H2,1-4H3,(H,37,42). The number of nitrogens with one attached hydrogen (secondary N) is 1. The summed E-state index contributed by atoms with van der Waals surface area (Å²) >= 11 is 0. The summed E-state index contributed by atoms with van der Waals surface area (Å²) in [5.74, 6) is 6.14. The molecule has 6 rings (SSSR count). The van der Waals surface area contributed by atoms with Gasteiger partial charge in [0.25, 0.3) is 11.5 Å². The fourth-order valence-electron chi connectivity index (χ4n) is 5.45. The molecular weight excluding hydrogens is 554 g/mol. The first-order chi connectivity index (χ1) is 21.4. The fourth-order valence-corrected chi connectivity index (χ4v) is 5.45. The van der Waals surface area contributed by atoms with Crippen LogP contribution in [0.1, 0.15) is 51.5 Å². The number of methoxy groups -OCH3 is 1. The summed E-state index contributed by atoms with van der Waals surface area (Å²) in [5.41, 5.74) is 4.86. The van der Waals surface area contributed by atoms with Crippen LogP contribution in [0, 0.1) is 18.8 Å². The van der Waals surface area contributed by atoms with Crippen LogP contribution < -0.4 is 10.9 Å². The fraction of sp³-hybridized carbons (Fsp3) is 0.206. The maximum absolute atomic E-state index is 14.4. The summed E-state index contributed by atoms with van der Waals surface area (Å²) in [5, 5.41) is 13.1. The number of hydrogen-bond donors (Lipinski definition) is 1. The van der Waals surface area contributed by atoms with Crippen LogP contribution in [0.4, 0.5) is 0 Å². The zero-order valence-electron chi connectivity index (χ0n) is 24.9. The first-order valence-electron chi connectivity index (χ1n) is 14.2. The number of benzene rings is 2. The maximum atomic E-state index is 14.4. The number of nitrogens with zero attached hydrogens (tertiary/aromatic N) is 6. The normalized spacial score (nSPS) is 11.8. The second-order valence-corrected chi connectivity index (χ2v) is 10.5. The van der Waals surface area contributed by atoms with E-state index in [1.165, 1.54) is 0 Å². The van der Waals surface area contributed by atoms with Gasteiger partial charge in [-0.1, -0.05) is 42.2 Å². The van der Waals surface area contributed by atoms with Crippen LogP contribution >= 0.6 is 0 Å². The van der Waals surface area contributed by atoms with E-state index in [1.807, 2.05) is 68.6 Å². The minimum absolute atomic E-state index is 0.227. The number of pyridine rings is 1. The van der Waals surface area contributed by atoms with E-state index in [0.29, 0.717) is 52.3 Å². The van der Waals surface area contributed by atoms with E-state index >= 15 is 0 Å². The highest BCUT2D eigenvalue weighted by Gasteiger charge is 2.23. The number of aromatic nitrogens is 6. The Hall–Kier alpha value is -5.53. The molecule has 4 heterocycles. The molecule has 1 atom stereocenters. The maximum Gasteiger partial charge on any atom is 0.264 e. The molecular formula is C34H31N7O3. The zero-order valence-corrected chi connectivity index (χ0v) is 24.9. The Morgan fingerprint density at radius 2 is 1.86 bits per heavy atom. The average Bonchev–Trinajstić information content (AvgIpc) is 3.56. The number of amides is 1. The Labute approximate surface area is 253 Å². The van der Waals surface area contributed by atoms with Gasteiger partial charge >= 0.3 is 0 Å². The molecule has 0 aliphatic carbocycles. The van der Waals surface area contributed by atoms with Crippen molar-refractivity contribution >= 4 is 22.3 Å². The monoisotopic (exact) mass is 585 g/mol. The van der Waals surface area contributed by atoms with Crippen molar-refractivity contribution in [1.29, 1.82) is 0 Å². The Bertz CT molecular complexity index is 2130. The van der Waals surface area contributed by atoms with Crippen molar-refractivity contribution in [2.45, 2.75) is 26.3 Å². The van der Waals surface area contributed by atoms with Gasteiger partial charge in [-0.15, -0.1) is 0 Å². The second-order valence-electron chi connectivity index (χ2n) is 10.5. The number of para-hydroxylation sites is 1. The molecule has 0 spiro atoms. The molecule has 0 aliphatic rings. The lowest BCUT2D eigenvalue weighted by Crippen LogP contribution is -2.32. The molecule has 6 aromatic rings. The van der Waals surface area contributed by atoms with Gasteiger partial charge in [-0.2, -0.15) is 10.2 Å². The lowest BCUT2D eigenvalue weighted by atomic mass is 10.0. The third-order valence-electron chi connectivity index (χ3n) is 7.61. The van der Waals surface area contributed by atoms with E-state index in [1.54, 1.807) is 52.5 Å². The molecule has 10 heteroatoms. The predicted molar refractivity (Wildman–Crippen MR) is 168 cm³/mol. The van der Waals surface area contributed by atoms with Crippen LogP contribution in [0.15, 0.2) is 84.0 Å². The molecule has 0 radical (unpaired) electrons. The Balaban J connectivity index is 1.45. The molecule has 0 fully saturated rings. The molecule has 2 aromatic carbocycles. The van der Waals surface area contributed by atoms with Crippen molar-refractivity contribution in [3.8, 4) is 17.5 Å². The van der Waals surface area contributed by atoms with Crippen LogP contribution in [0.2, 0.25) is 0 Å². The summed E-state index contributed by atoms with van der Waals surface area (Å²) < 4.78 is 10.3. The summed E-state index contributed by atoms with van der Waals surface area (Å²) in [6.45, 7) is 4.19. The number of carbonyl (C=O) groups excluding carboxylic acids is 1. The molecule has 0 bridgehead atoms. The number of carbonyl (C=O) groups is 1. The van der Waals surface area contributed by atoms with Crippen molar-refractivity contribution in [1.82, 2.24) is 34.3 Å². The summed E-state index contributed by atoms with van der Waals surface area (Å²) in [6, 6.07) is 18.2. The Morgan fingerprint density at radius 1 is 1.07 bits per heavy atom. The smallest absolute Gasteiger partial charge is 0.264 e. The minimum atomic E-state index is -0.536. The van der Waals surface area contributed by atoms with Gasteiger partial charge in [-0.25, -0.2) is 9.50 Å². The Kier molecular flexibility index (Phi) is 7.79. The van der Waals surface area contributed by atoms with Gasteiger partial charge in [-0.05, 0) is 49.6 Å². The van der Waals surface area contributed by atoms with E-state index < -0.39 is 6.04 Å². The SMILES string of the molecule is COCCc1c(C#Cc2cccc3cc(C(C)NC(=O)c4c(C)nn5cccnc45)n(-c4ccccc4)c(=O)c23)cnn1C. The van der Waals surface area contributed by atoms with Gasteiger partial charge in [0, 0.05) is 49.9 Å². The minimum Gasteiger partial charge on any atom is -0.384 e.